The fraction of sp³-hybridized carbons (Fsp3) is 0.222. The van der Waals surface area contributed by atoms with Crippen LogP contribution < -0.4 is 10.6 Å². The van der Waals surface area contributed by atoms with Gasteiger partial charge >= 0.3 is 0 Å². The van der Waals surface area contributed by atoms with Crippen LogP contribution in [0, 0.1) is 5.82 Å². The van der Waals surface area contributed by atoms with Crippen LogP contribution in [0.5, 0.6) is 0 Å². The Morgan fingerprint density at radius 3 is 2.42 bits per heavy atom. The largest absolute Gasteiger partial charge is 0.350 e. The molecule has 0 saturated carbocycles. The van der Waals surface area contributed by atoms with Gasteiger partial charge in [0.15, 0.2) is 5.82 Å². The molecular formula is C18H18ClFN2O2. The van der Waals surface area contributed by atoms with E-state index in [1.807, 2.05) is 37.3 Å². The quantitative estimate of drug-likeness (QED) is 0.826. The lowest BCUT2D eigenvalue weighted by molar-refractivity contribution is -0.124. The smallest absolute Gasteiger partial charge is 0.224 e. The Labute approximate surface area is 145 Å². The molecule has 0 bridgehead atoms. The molecule has 0 saturated heterocycles. The van der Waals surface area contributed by atoms with E-state index in [1.165, 1.54) is 18.2 Å². The van der Waals surface area contributed by atoms with E-state index in [0.29, 0.717) is 0 Å². The maximum Gasteiger partial charge on any atom is 0.224 e. The van der Waals surface area contributed by atoms with Crippen LogP contribution in [0.25, 0.3) is 0 Å². The normalized spacial score (nSPS) is 11.6. The Kier molecular flexibility index (Phi) is 6.32. The van der Waals surface area contributed by atoms with Crippen molar-refractivity contribution < 1.29 is 14.0 Å². The first-order chi connectivity index (χ1) is 11.5. The van der Waals surface area contributed by atoms with Crippen LogP contribution in [0.1, 0.15) is 31.4 Å². The summed E-state index contributed by atoms with van der Waals surface area (Å²) >= 11 is 5.65. The molecule has 4 nitrogen and oxygen atoms in total. The molecule has 24 heavy (non-hydrogen) atoms. The van der Waals surface area contributed by atoms with Gasteiger partial charge in [0.05, 0.1) is 16.8 Å². The number of carbonyl (C=O) groups is 2. The Morgan fingerprint density at radius 1 is 1.04 bits per heavy atom. The highest BCUT2D eigenvalue weighted by atomic mass is 35.5. The molecule has 0 aromatic heterocycles. The number of amides is 2. The Balaban J connectivity index is 1.81. The van der Waals surface area contributed by atoms with Crippen molar-refractivity contribution in [2.24, 2.45) is 0 Å². The van der Waals surface area contributed by atoms with Crippen LogP contribution >= 0.6 is 11.6 Å². The van der Waals surface area contributed by atoms with E-state index >= 15 is 0 Å². The molecule has 2 aromatic carbocycles. The van der Waals surface area contributed by atoms with Crippen molar-refractivity contribution in [2.75, 3.05) is 5.32 Å². The molecule has 0 heterocycles. The fourth-order valence-corrected chi connectivity index (χ4v) is 2.35. The van der Waals surface area contributed by atoms with Gasteiger partial charge in [-0.1, -0.05) is 48.0 Å². The minimum Gasteiger partial charge on any atom is -0.350 e. The van der Waals surface area contributed by atoms with Crippen LogP contribution in [-0.4, -0.2) is 11.8 Å². The molecular weight excluding hydrogens is 331 g/mol. The molecule has 0 radical (unpaired) electrons. The molecule has 0 aliphatic heterocycles. The summed E-state index contributed by atoms with van der Waals surface area (Å²) in [7, 11) is 0. The highest BCUT2D eigenvalue weighted by molar-refractivity contribution is 6.31. The zero-order valence-corrected chi connectivity index (χ0v) is 13.9. The molecule has 0 unspecified atom stereocenters. The highest BCUT2D eigenvalue weighted by Gasteiger charge is 2.13. The van der Waals surface area contributed by atoms with E-state index in [4.69, 9.17) is 11.6 Å². The average molecular weight is 349 g/mol. The molecule has 126 valence electrons. The van der Waals surface area contributed by atoms with E-state index in [-0.39, 0.29) is 35.5 Å². The summed E-state index contributed by atoms with van der Waals surface area (Å²) in [6, 6.07) is 13.7. The van der Waals surface area contributed by atoms with Gasteiger partial charge in [-0.05, 0) is 24.6 Å². The van der Waals surface area contributed by atoms with Gasteiger partial charge < -0.3 is 10.6 Å². The average Bonchev–Trinajstić information content (AvgIpc) is 2.58. The van der Waals surface area contributed by atoms with E-state index in [9.17, 15) is 14.0 Å². The molecule has 0 spiro atoms. The number of anilines is 1. The minimum atomic E-state index is -0.685. The van der Waals surface area contributed by atoms with Crippen LogP contribution in [0.4, 0.5) is 10.1 Å². The Hall–Kier alpha value is -2.40. The second-order valence-corrected chi connectivity index (χ2v) is 5.76. The van der Waals surface area contributed by atoms with Gasteiger partial charge in [0.25, 0.3) is 0 Å². The third kappa shape index (κ3) is 5.06. The predicted octanol–water partition coefficient (Wildman–Crippen LogP) is 4.08. The van der Waals surface area contributed by atoms with Crippen molar-refractivity contribution in [3.63, 3.8) is 0 Å². The summed E-state index contributed by atoms with van der Waals surface area (Å²) in [5.41, 5.74) is 0.988. The zero-order valence-electron chi connectivity index (χ0n) is 13.2. The van der Waals surface area contributed by atoms with Gasteiger partial charge in [0.1, 0.15) is 0 Å². The van der Waals surface area contributed by atoms with Crippen molar-refractivity contribution in [1.29, 1.82) is 0 Å². The first kappa shape index (κ1) is 17.9. The molecule has 2 amide bonds. The zero-order chi connectivity index (χ0) is 17.5. The van der Waals surface area contributed by atoms with Crippen LogP contribution in [0.2, 0.25) is 5.02 Å². The predicted molar refractivity (Wildman–Crippen MR) is 92.3 cm³/mol. The number of nitrogens with one attached hydrogen (secondary N) is 2. The summed E-state index contributed by atoms with van der Waals surface area (Å²) in [6.45, 7) is 1.87. The maximum atomic E-state index is 13.7. The summed E-state index contributed by atoms with van der Waals surface area (Å²) < 4.78 is 13.7. The number of halogens is 2. The SMILES string of the molecule is C[C@H](NC(=O)CCC(=O)Nc1cccc(Cl)c1F)c1ccccc1. The lowest BCUT2D eigenvalue weighted by atomic mass is 10.1. The molecule has 0 aliphatic carbocycles. The molecule has 6 heteroatoms. The maximum absolute atomic E-state index is 13.7. The number of carbonyl (C=O) groups excluding carboxylic acids is 2. The van der Waals surface area contributed by atoms with Gasteiger partial charge in [-0.2, -0.15) is 0 Å². The third-order valence-corrected chi connectivity index (χ3v) is 3.77. The van der Waals surface area contributed by atoms with Gasteiger partial charge in [0.2, 0.25) is 11.8 Å². The minimum absolute atomic E-state index is 0.00515. The van der Waals surface area contributed by atoms with Crippen molar-refractivity contribution in [1.82, 2.24) is 5.32 Å². The fourth-order valence-electron chi connectivity index (χ4n) is 2.18. The van der Waals surface area contributed by atoms with E-state index in [1.54, 1.807) is 0 Å². The van der Waals surface area contributed by atoms with Crippen LogP contribution in [0.15, 0.2) is 48.5 Å². The molecule has 2 aromatic rings. The van der Waals surface area contributed by atoms with Crippen molar-refractivity contribution >= 4 is 29.1 Å². The van der Waals surface area contributed by atoms with Gasteiger partial charge in [-0.15, -0.1) is 0 Å². The number of hydrogen-bond acceptors (Lipinski definition) is 2. The summed E-state index contributed by atoms with van der Waals surface area (Å²) in [5, 5.41) is 5.17. The van der Waals surface area contributed by atoms with Crippen molar-refractivity contribution in [3.8, 4) is 0 Å². The molecule has 2 N–H and O–H groups in total. The number of benzene rings is 2. The number of rotatable bonds is 6. The summed E-state index contributed by atoms with van der Waals surface area (Å²) in [6.07, 6.45) is -0.0233. The molecule has 2 rings (SSSR count). The standard InChI is InChI=1S/C18H18ClFN2O2/c1-12(13-6-3-2-4-7-13)21-16(23)10-11-17(24)22-15-9-5-8-14(19)18(15)20/h2-9,12H,10-11H2,1H3,(H,21,23)(H,22,24)/t12-/m0/s1. The molecule has 1 atom stereocenters. The van der Waals surface area contributed by atoms with Gasteiger partial charge in [-0.25, -0.2) is 4.39 Å². The van der Waals surface area contributed by atoms with Crippen molar-refractivity contribution in [3.05, 3.63) is 64.9 Å². The second kappa shape index (κ2) is 8.45. The summed E-state index contributed by atoms with van der Waals surface area (Å²) in [4.78, 5) is 23.8. The van der Waals surface area contributed by atoms with Crippen LogP contribution in [-0.2, 0) is 9.59 Å². The van der Waals surface area contributed by atoms with Crippen LogP contribution in [0.3, 0.4) is 0 Å². The van der Waals surface area contributed by atoms with E-state index < -0.39 is 11.7 Å². The highest BCUT2D eigenvalue weighted by Crippen LogP contribution is 2.22. The van der Waals surface area contributed by atoms with Gasteiger partial charge in [0, 0.05) is 12.8 Å². The molecule has 0 aliphatic rings. The lowest BCUT2D eigenvalue weighted by Gasteiger charge is -2.14. The van der Waals surface area contributed by atoms with E-state index in [0.717, 1.165) is 5.56 Å². The monoisotopic (exact) mass is 348 g/mol. The topological polar surface area (TPSA) is 58.2 Å². The van der Waals surface area contributed by atoms with Crippen molar-refractivity contribution in [2.45, 2.75) is 25.8 Å². The van der Waals surface area contributed by atoms with E-state index in [2.05, 4.69) is 10.6 Å². The first-order valence-electron chi connectivity index (χ1n) is 7.55. The lowest BCUT2D eigenvalue weighted by Crippen LogP contribution is -2.27. The first-order valence-corrected chi connectivity index (χ1v) is 7.93. The number of hydrogen-bond donors (Lipinski definition) is 2. The third-order valence-electron chi connectivity index (χ3n) is 3.48. The second-order valence-electron chi connectivity index (χ2n) is 5.35. The Bertz CT molecular complexity index is 722. The Morgan fingerprint density at radius 2 is 1.71 bits per heavy atom. The molecule has 0 fully saturated rings. The van der Waals surface area contributed by atoms with Gasteiger partial charge in [-0.3, -0.25) is 9.59 Å². The summed E-state index contributed by atoms with van der Waals surface area (Å²) in [5.74, 6) is -1.37.